The number of hydroxylamine groups is 3. The van der Waals surface area contributed by atoms with E-state index in [2.05, 4.69) is 10.4 Å². The summed E-state index contributed by atoms with van der Waals surface area (Å²) in [7, 11) is 2.98. The van der Waals surface area contributed by atoms with Gasteiger partial charge in [0.05, 0.1) is 86.2 Å². The first kappa shape index (κ1) is 45.9. The average Bonchev–Trinajstić information content (AvgIpc) is 3.46. The summed E-state index contributed by atoms with van der Waals surface area (Å²) in [6, 6.07) is 0. The smallest absolute Gasteiger partial charge is 0.312 e. The number of piperazine rings is 1. The number of hydrogen-bond donors (Lipinski definition) is 6. The number of hydrazone groups is 1. The minimum absolute atomic E-state index is 0.0279. The summed E-state index contributed by atoms with van der Waals surface area (Å²) >= 11 is 0. The van der Waals surface area contributed by atoms with Crippen molar-refractivity contribution in [3.05, 3.63) is 58.0 Å². The van der Waals surface area contributed by atoms with Gasteiger partial charge < -0.3 is 59.7 Å². The molecule has 9 atom stereocenters. The van der Waals surface area contributed by atoms with Crippen molar-refractivity contribution in [3.8, 4) is 23.0 Å². The number of aromatic hydroxyl groups is 3. The molecular weight excluding hydrogens is 780 g/mol. The molecule has 1 amide bonds. The van der Waals surface area contributed by atoms with Gasteiger partial charge in [-0.15, -0.1) is 0 Å². The van der Waals surface area contributed by atoms with Crippen LogP contribution in [0.2, 0.25) is 0 Å². The van der Waals surface area contributed by atoms with E-state index in [-0.39, 0.29) is 70.7 Å². The van der Waals surface area contributed by atoms with Gasteiger partial charge in [-0.1, -0.05) is 45.9 Å². The highest BCUT2D eigenvalue weighted by molar-refractivity contribution is 6.23. The van der Waals surface area contributed by atoms with Crippen LogP contribution < -0.4 is 10.1 Å². The topological polar surface area (TPSA) is 240 Å². The monoisotopic (exact) mass is 838 g/mol. The molecule has 60 heavy (non-hydrogen) atoms. The molecule has 0 aliphatic carbocycles. The molecule has 0 unspecified atom stereocenters. The molecule has 0 saturated carbocycles. The second-order valence-corrected chi connectivity index (χ2v) is 16.6. The number of amides is 1. The summed E-state index contributed by atoms with van der Waals surface area (Å²) in [6.07, 6.45) is 4.60. The summed E-state index contributed by atoms with van der Waals surface area (Å²) < 4.78 is 23.1. The molecule has 0 aromatic heterocycles. The van der Waals surface area contributed by atoms with E-state index in [1.807, 2.05) is 0 Å². The molecule has 6 rings (SSSR count). The van der Waals surface area contributed by atoms with E-state index < -0.39 is 93.4 Å². The number of allylic oxidation sites excluding steroid dienone is 2. The van der Waals surface area contributed by atoms with Crippen molar-refractivity contribution in [1.82, 2.24) is 5.01 Å². The van der Waals surface area contributed by atoms with E-state index in [1.165, 1.54) is 59.4 Å². The molecular formula is C43H58N4O13. The van der Waals surface area contributed by atoms with Gasteiger partial charge in [0.25, 0.3) is 11.7 Å². The number of rotatable bonds is 4. The van der Waals surface area contributed by atoms with E-state index in [0.717, 1.165) is 0 Å². The van der Waals surface area contributed by atoms with Crippen molar-refractivity contribution >= 4 is 40.3 Å². The maximum absolute atomic E-state index is 14.4. The second kappa shape index (κ2) is 17.8. The first-order valence-corrected chi connectivity index (χ1v) is 20.0. The van der Waals surface area contributed by atoms with Crippen LogP contribution in [-0.2, 0) is 23.8 Å². The standard InChI is InChI=1S/C43H58N4O13/c1-21-12-11-13-22(2)42(55)45-33-28(20-44-46-15-17-47(9,56)18-16-46)37(52)30-31(38(33)53)36(51)26(6)40-32(30)41(54)43(8,60-40)58-19-14-29(57-10)23(3)39(59-27(7)48)25(5)35(50)24(4)34(21)49/h11-14,19-21,23-25,29,34-35,39,49-53H,15-18H2,1-10H3,(H,45,55)/b12-11+,19-14+,22-13-,44-20+/t21-,23+,24+,25+,29-,34-,35+,39+,43-/m0/s1. The van der Waals surface area contributed by atoms with E-state index in [1.54, 1.807) is 51.9 Å². The van der Waals surface area contributed by atoms with Gasteiger partial charge in [-0.25, -0.2) is 0 Å². The molecule has 0 spiro atoms. The fourth-order valence-corrected chi connectivity index (χ4v) is 8.00. The van der Waals surface area contributed by atoms with Gasteiger partial charge in [0.2, 0.25) is 0 Å². The lowest BCUT2D eigenvalue weighted by Crippen LogP contribution is -2.52. The van der Waals surface area contributed by atoms with Crippen molar-refractivity contribution in [3.63, 3.8) is 0 Å². The number of carbonyl (C=O) groups excluding carboxylic acids is 3. The third-order valence-electron chi connectivity index (χ3n) is 12.0. The van der Waals surface area contributed by atoms with Gasteiger partial charge in [-0.3, -0.25) is 19.4 Å². The number of methoxy groups -OCH3 is 1. The Morgan fingerprint density at radius 2 is 1.65 bits per heavy atom. The fraction of sp³-hybridized carbons (Fsp3) is 0.535. The Kier molecular flexibility index (Phi) is 13.6. The summed E-state index contributed by atoms with van der Waals surface area (Å²) in [6.45, 7) is 13.4. The van der Waals surface area contributed by atoms with Crippen LogP contribution in [0.25, 0.3) is 10.8 Å². The third kappa shape index (κ3) is 8.95. The van der Waals surface area contributed by atoms with Gasteiger partial charge in [0.1, 0.15) is 23.4 Å². The normalized spacial score (nSPS) is 32.3. The number of likely N-dealkylation sites (N-methyl/N-ethyl adjacent to an activating group) is 1. The number of fused-ring (bicyclic) bond motifs is 14. The molecule has 4 aliphatic heterocycles. The summed E-state index contributed by atoms with van der Waals surface area (Å²) in [5, 5.41) is 78.9. The first-order chi connectivity index (χ1) is 28.0. The Morgan fingerprint density at radius 3 is 2.27 bits per heavy atom. The Hall–Kier alpha value is -5.20. The number of carbonyl (C=O) groups is 3. The van der Waals surface area contributed by atoms with Crippen molar-refractivity contribution in [2.75, 3.05) is 45.7 Å². The number of ether oxygens (including phenoxy) is 4. The number of phenolic OH excluding ortho intramolecular Hbond substituents is 3. The van der Waals surface area contributed by atoms with Crippen LogP contribution in [0, 0.1) is 35.8 Å². The van der Waals surface area contributed by atoms with Crippen LogP contribution in [-0.4, -0.2) is 130 Å². The molecule has 5 bridgehead atoms. The highest BCUT2D eigenvalue weighted by Crippen LogP contribution is 2.55. The van der Waals surface area contributed by atoms with Crippen LogP contribution in [0.5, 0.6) is 23.0 Å². The number of hydrogen-bond acceptors (Lipinski definition) is 15. The second-order valence-electron chi connectivity index (χ2n) is 16.6. The molecule has 17 nitrogen and oxygen atoms in total. The summed E-state index contributed by atoms with van der Waals surface area (Å²) in [4.78, 5) is 40.5. The average molecular weight is 839 g/mol. The van der Waals surface area contributed by atoms with Crippen LogP contribution in [0.4, 0.5) is 5.69 Å². The van der Waals surface area contributed by atoms with Crippen LogP contribution in [0.1, 0.15) is 70.0 Å². The summed E-state index contributed by atoms with van der Waals surface area (Å²) in [5.74, 6) is -8.69. The lowest BCUT2D eigenvalue weighted by atomic mass is 9.78. The van der Waals surface area contributed by atoms with E-state index in [4.69, 9.17) is 18.9 Å². The maximum Gasteiger partial charge on any atom is 0.312 e. The van der Waals surface area contributed by atoms with Gasteiger partial charge in [0.15, 0.2) is 5.75 Å². The minimum atomic E-state index is -2.07. The number of Topliss-reactive ketones (excluding diaryl/α,β-unsaturated/α-hetero) is 1. The SMILES string of the molecule is CO[C@H]1/C=C/O[C@@]2(C)Oc3c(C)c(O)c4c(O)c(c(/C=N/N5CC[N+](C)([O-])CC5)c(O)c4c3C2=O)NC(=O)/C(C)=C\C=C\[C@H](C)[C@H](O)[C@@H](C)[C@@H](O)[C@@H](C)[C@H](OC(C)=O)[C@@H]1C. The number of aliphatic hydroxyl groups excluding tert-OH is 2. The zero-order valence-electron chi connectivity index (χ0n) is 35.8. The zero-order valence-corrected chi connectivity index (χ0v) is 35.8. The molecule has 1 saturated heterocycles. The Bertz CT molecular complexity index is 2120. The molecule has 4 heterocycles. The first-order valence-electron chi connectivity index (χ1n) is 20.0. The lowest BCUT2D eigenvalue weighted by Gasteiger charge is -2.44. The highest BCUT2D eigenvalue weighted by Gasteiger charge is 2.50. The van der Waals surface area contributed by atoms with Gasteiger partial charge in [0, 0.05) is 61.2 Å². The molecule has 17 heteroatoms. The molecule has 6 N–H and O–H groups in total. The van der Waals surface area contributed by atoms with Crippen LogP contribution in [0.15, 0.2) is 41.2 Å². The van der Waals surface area contributed by atoms with Crippen molar-refractivity contribution in [1.29, 1.82) is 0 Å². The lowest BCUT2D eigenvalue weighted by molar-refractivity contribution is -0.865. The molecule has 2 aromatic carbocycles. The number of esters is 1. The maximum atomic E-state index is 14.4. The summed E-state index contributed by atoms with van der Waals surface area (Å²) in [5.41, 5.74) is -0.581. The zero-order chi connectivity index (χ0) is 44.6. The highest BCUT2D eigenvalue weighted by atomic mass is 16.7. The quantitative estimate of drug-likeness (QED) is 0.0627. The van der Waals surface area contributed by atoms with Gasteiger partial charge in [-0.05, 0) is 19.9 Å². The Morgan fingerprint density at radius 1 is 1.00 bits per heavy atom. The van der Waals surface area contributed by atoms with Crippen LogP contribution in [0.3, 0.4) is 0 Å². The number of phenols is 3. The molecule has 2 aromatic rings. The number of nitrogens with zero attached hydrogens (tertiary/aromatic N) is 3. The number of nitrogens with one attached hydrogen (secondary N) is 1. The molecule has 1 fully saturated rings. The fourth-order valence-electron chi connectivity index (χ4n) is 8.00. The van der Waals surface area contributed by atoms with Gasteiger partial charge >= 0.3 is 11.8 Å². The number of ketones is 1. The molecule has 0 radical (unpaired) electrons. The Balaban J connectivity index is 1.70. The Labute approximate surface area is 349 Å². The van der Waals surface area contributed by atoms with Gasteiger partial charge in [-0.2, -0.15) is 5.10 Å². The predicted molar refractivity (Wildman–Crippen MR) is 222 cm³/mol. The van der Waals surface area contributed by atoms with E-state index in [0.29, 0.717) is 0 Å². The minimum Gasteiger partial charge on any atom is -0.633 e. The number of quaternary nitrogens is 1. The van der Waals surface area contributed by atoms with Crippen molar-refractivity contribution in [2.45, 2.75) is 85.6 Å². The third-order valence-corrected chi connectivity index (χ3v) is 12.0. The van der Waals surface area contributed by atoms with Crippen LogP contribution >= 0.6 is 0 Å². The molecule has 328 valence electrons. The van der Waals surface area contributed by atoms with E-state index in [9.17, 15) is 45.1 Å². The molecule has 4 aliphatic rings. The van der Waals surface area contributed by atoms with Crippen molar-refractivity contribution in [2.24, 2.45) is 28.8 Å². The predicted octanol–water partition coefficient (Wildman–Crippen LogP) is 4.35. The largest absolute Gasteiger partial charge is 0.633 e. The number of benzene rings is 2. The number of anilines is 1. The van der Waals surface area contributed by atoms with E-state index >= 15 is 0 Å². The van der Waals surface area contributed by atoms with Crippen molar-refractivity contribution < 1.29 is 63.5 Å². The number of aliphatic hydroxyl groups is 2.